The highest BCUT2D eigenvalue weighted by atomic mass is 19.1. The van der Waals surface area contributed by atoms with Crippen LogP contribution in [0.4, 0.5) is 4.39 Å². The van der Waals surface area contributed by atoms with Gasteiger partial charge in [-0.15, -0.1) is 0 Å². The summed E-state index contributed by atoms with van der Waals surface area (Å²) in [4.78, 5) is 10.8. The van der Waals surface area contributed by atoms with Crippen molar-refractivity contribution in [3.63, 3.8) is 0 Å². The molecule has 2 rings (SSSR count). The van der Waals surface area contributed by atoms with Gasteiger partial charge in [-0.1, -0.05) is 13.0 Å². The summed E-state index contributed by atoms with van der Waals surface area (Å²) in [7, 11) is 0. The molecular formula is C12H13FN2O2. The molecule has 0 saturated carbocycles. The highest BCUT2D eigenvalue weighted by molar-refractivity contribution is 5.82. The van der Waals surface area contributed by atoms with Crippen LogP contribution in [0.1, 0.15) is 12.6 Å². The molecular weight excluding hydrogens is 223 g/mol. The van der Waals surface area contributed by atoms with Gasteiger partial charge in [0.2, 0.25) is 0 Å². The summed E-state index contributed by atoms with van der Waals surface area (Å²) in [5.74, 6) is -1.76. The second kappa shape index (κ2) is 4.16. The summed E-state index contributed by atoms with van der Waals surface area (Å²) >= 11 is 0. The SMILES string of the molecule is Cc1c2c(F)cccc2nn1CC(C)C(=O)O. The molecule has 1 aromatic carbocycles. The van der Waals surface area contributed by atoms with Gasteiger partial charge in [0.15, 0.2) is 0 Å². The zero-order valence-corrected chi connectivity index (χ0v) is 9.64. The molecule has 0 aliphatic rings. The molecule has 1 heterocycles. The van der Waals surface area contributed by atoms with E-state index in [0.717, 1.165) is 0 Å². The Balaban J connectivity index is 2.46. The molecule has 0 spiro atoms. The first kappa shape index (κ1) is 11.6. The fourth-order valence-electron chi connectivity index (χ4n) is 1.80. The minimum Gasteiger partial charge on any atom is -0.481 e. The molecule has 1 atom stereocenters. The number of carboxylic acids is 1. The summed E-state index contributed by atoms with van der Waals surface area (Å²) in [5, 5.41) is 13.5. The van der Waals surface area contributed by atoms with E-state index in [9.17, 15) is 9.18 Å². The van der Waals surface area contributed by atoms with Crippen molar-refractivity contribution >= 4 is 16.9 Å². The van der Waals surface area contributed by atoms with Gasteiger partial charge in [0, 0.05) is 5.69 Å². The molecule has 0 fully saturated rings. The van der Waals surface area contributed by atoms with Crippen LogP contribution in [0, 0.1) is 18.7 Å². The first-order valence-electron chi connectivity index (χ1n) is 5.35. The van der Waals surface area contributed by atoms with Gasteiger partial charge in [-0.3, -0.25) is 9.48 Å². The number of carboxylic acid groups (broad SMARTS) is 1. The lowest BCUT2D eigenvalue weighted by molar-refractivity contribution is -0.141. The van der Waals surface area contributed by atoms with Crippen LogP contribution in [-0.4, -0.2) is 20.9 Å². The van der Waals surface area contributed by atoms with Gasteiger partial charge in [-0.05, 0) is 19.1 Å². The summed E-state index contributed by atoms with van der Waals surface area (Å²) in [6, 6.07) is 4.68. The molecule has 90 valence electrons. The van der Waals surface area contributed by atoms with Crippen LogP contribution in [0.5, 0.6) is 0 Å². The Bertz CT molecular complexity index is 577. The number of rotatable bonds is 3. The van der Waals surface area contributed by atoms with E-state index in [0.29, 0.717) is 16.6 Å². The lowest BCUT2D eigenvalue weighted by atomic mass is 10.2. The lowest BCUT2D eigenvalue weighted by Crippen LogP contribution is -2.18. The van der Waals surface area contributed by atoms with Crippen molar-refractivity contribution in [1.29, 1.82) is 0 Å². The number of nitrogens with zero attached hydrogens (tertiary/aromatic N) is 2. The molecule has 5 heteroatoms. The van der Waals surface area contributed by atoms with E-state index in [-0.39, 0.29) is 12.4 Å². The van der Waals surface area contributed by atoms with Crippen LogP contribution in [-0.2, 0) is 11.3 Å². The van der Waals surface area contributed by atoms with Crippen molar-refractivity contribution in [2.75, 3.05) is 0 Å². The van der Waals surface area contributed by atoms with E-state index < -0.39 is 11.9 Å². The largest absolute Gasteiger partial charge is 0.481 e. The van der Waals surface area contributed by atoms with Crippen molar-refractivity contribution in [1.82, 2.24) is 9.78 Å². The number of fused-ring (bicyclic) bond motifs is 1. The second-order valence-electron chi connectivity index (χ2n) is 4.14. The van der Waals surface area contributed by atoms with E-state index in [2.05, 4.69) is 5.10 Å². The average Bonchev–Trinajstić information content (AvgIpc) is 2.57. The Morgan fingerprint density at radius 1 is 1.59 bits per heavy atom. The maximum absolute atomic E-state index is 13.6. The summed E-state index contributed by atoms with van der Waals surface area (Å²) in [6.07, 6.45) is 0. The predicted molar refractivity (Wildman–Crippen MR) is 61.2 cm³/mol. The van der Waals surface area contributed by atoms with E-state index in [1.165, 1.54) is 6.07 Å². The zero-order chi connectivity index (χ0) is 12.6. The topological polar surface area (TPSA) is 55.1 Å². The van der Waals surface area contributed by atoms with E-state index >= 15 is 0 Å². The summed E-state index contributed by atoms with van der Waals surface area (Å²) in [5.41, 5.74) is 1.21. The Morgan fingerprint density at radius 2 is 2.29 bits per heavy atom. The Hall–Kier alpha value is -1.91. The van der Waals surface area contributed by atoms with Gasteiger partial charge in [0.05, 0.1) is 23.4 Å². The minimum absolute atomic E-state index is 0.245. The monoisotopic (exact) mass is 236 g/mol. The third-order valence-electron chi connectivity index (χ3n) is 2.84. The molecule has 2 aromatic rings. The Morgan fingerprint density at radius 3 is 2.88 bits per heavy atom. The molecule has 0 aliphatic carbocycles. The van der Waals surface area contributed by atoms with Crippen molar-refractivity contribution < 1.29 is 14.3 Å². The fourth-order valence-corrected chi connectivity index (χ4v) is 1.80. The normalized spacial score (nSPS) is 12.9. The Labute approximate surface area is 97.7 Å². The lowest BCUT2D eigenvalue weighted by Gasteiger charge is -2.07. The second-order valence-corrected chi connectivity index (χ2v) is 4.14. The maximum atomic E-state index is 13.6. The number of aliphatic carboxylic acids is 1. The third kappa shape index (κ3) is 2.00. The highest BCUT2D eigenvalue weighted by Crippen LogP contribution is 2.21. The molecule has 0 amide bonds. The first-order valence-corrected chi connectivity index (χ1v) is 5.35. The standard InChI is InChI=1S/C12H13FN2O2/c1-7(12(16)17)6-15-8(2)11-9(13)4-3-5-10(11)14-15/h3-5,7H,6H2,1-2H3,(H,16,17). The third-order valence-corrected chi connectivity index (χ3v) is 2.84. The highest BCUT2D eigenvalue weighted by Gasteiger charge is 2.16. The number of hydrogen-bond donors (Lipinski definition) is 1. The Kier molecular flexibility index (Phi) is 2.83. The number of carbonyl (C=O) groups is 1. The molecule has 4 nitrogen and oxygen atoms in total. The van der Waals surface area contributed by atoms with Crippen LogP contribution >= 0.6 is 0 Å². The number of benzene rings is 1. The van der Waals surface area contributed by atoms with Crippen LogP contribution < -0.4 is 0 Å². The fraction of sp³-hybridized carbons (Fsp3) is 0.333. The average molecular weight is 236 g/mol. The summed E-state index contributed by atoms with van der Waals surface area (Å²) in [6.45, 7) is 3.59. The minimum atomic E-state index is -0.885. The molecule has 1 N–H and O–H groups in total. The molecule has 0 aliphatic heterocycles. The summed E-state index contributed by atoms with van der Waals surface area (Å²) < 4.78 is 15.1. The van der Waals surface area contributed by atoms with Crippen molar-refractivity contribution in [2.24, 2.45) is 5.92 Å². The number of aryl methyl sites for hydroxylation is 1. The van der Waals surface area contributed by atoms with Crippen LogP contribution in [0.3, 0.4) is 0 Å². The molecule has 0 saturated heterocycles. The van der Waals surface area contributed by atoms with E-state index in [1.807, 2.05) is 0 Å². The molecule has 17 heavy (non-hydrogen) atoms. The van der Waals surface area contributed by atoms with Gasteiger partial charge in [-0.25, -0.2) is 4.39 Å². The molecule has 1 aromatic heterocycles. The maximum Gasteiger partial charge on any atom is 0.308 e. The van der Waals surface area contributed by atoms with Gasteiger partial charge in [-0.2, -0.15) is 5.10 Å². The smallest absolute Gasteiger partial charge is 0.308 e. The van der Waals surface area contributed by atoms with Gasteiger partial charge < -0.3 is 5.11 Å². The number of halogens is 1. The van der Waals surface area contributed by atoms with Crippen LogP contribution in [0.15, 0.2) is 18.2 Å². The number of aromatic nitrogens is 2. The van der Waals surface area contributed by atoms with E-state index in [4.69, 9.17) is 5.11 Å². The number of hydrogen-bond acceptors (Lipinski definition) is 2. The first-order chi connectivity index (χ1) is 8.00. The molecule has 0 radical (unpaired) electrons. The molecule has 0 bridgehead atoms. The van der Waals surface area contributed by atoms with Crippen LogP contribution in [0.2, 0.25) is 0 Å². The van der Waals surface area contributed by atoms with Crippen molar-refractivity contribution in [3.05, 3.63) is 29.7 Å². The van der Waals surface area contributed by atoms with Crippen molar-refractivity contribution in [2.45, 2.75) is 20.4 Å². The zero-order valence-electron chi connectivity index (χ0n) is 9.64. The van der Waals surface area contributed by atoms with Gasteiger partial charge in [0.25, 0.3) is 0 Å². The van der Waals surface area contributed by atoms with Crippen LogP contribution in [0.25, 0.3) is 10.9 Å². The van der Waals surface area contributed by atoms with Gasteiger partial charge >= 0.3 is 5.97 Å². The predicted octanol–water partition coefficient (Wildman–Crippen LogP) is 2.20. The van der Waals surface area contributed by atoms with Gasteiger partial charge in [0.1, 0.15) is 5.82 Å². The molecule has 1 unspecified atom stereocenters. The van der Waals surface area contributed by atoms with Crippen molar-refractivity contribution in [3.8, 4) is 0 Å². The quantitative estimate of drug-likeness (QED) is 0.888. The van der Waals surface area contributed by atoms with E-state index in [1.54, 1.807) is 30.7 Å².